The van der Waals surface area contributed by atoms with Crippen LogP contribution in [0.4, 0.5) is 12.9 Å². The molecular formula is C7H6BF3N3S-. The Morgan fingerprint density at radius 3 is 2.60 bits per heavy atom. The average molecular weight is 232 g/mol. The normalized spacial score (nSPS) is 12.0. The second-order valence-electron chi connectivity index (χ2n) is 3.00. The highest BCUT2D eigenvalue weighted by Gasteiger charge is 2.29. The van der Waals surface area contributed by atoms with E-state index in [0.717, 1.165) is 10.9 Å². The maximum atomic E-state index is 12.5. The van der Waals surface area contributed by atoms with Crippen molar-refractivity contribution in [3.8, 4) is 5.13 Å². The first kappa shape index (κ1) is 10.2. The molecule has 0 aromatic carbocycles. The Labute approximate surface area is 87.6 Å². The summed E-state index contributed by atoms with van der Waals surface area (Å²) in [5, 5.41) is 5.90. The SMILES string of the molecule is Cc1nn(-c2nccs2)cc1[B-](F)(F)F. The first-order valence-electron chi connectivity index (χ1n) is 4.14. The topological polar surface area (TPSA) is 30.7 Å². The standard InChI is InChI=1S/C7H6BF3N3S/c1-5-6(8(9,10)11)4-14(13-5)7-12-2-3-15-7/h2-4H,1H3/q-1. The van der Waals surface area contributed by atoms with Gasteiger partial charge < -0.3 is 12.9 Å². The Balaban J connectivity index is 2.47. The smallest absolute Gasteiger partial charge is 0.445 e. The third-order valence-corrected chi connectivity index (χ3v) is 2.67. The lowest BCUT2D eigenvalue weighted by Gasteiger charge is -2.11. The first-order chi connectivity index (χ1) is 6.98. The minimum absolute atomic E-state index is 0.0160. The molecule has 3 nitrogen and oxygen atoms in total. The number of nitrogens with zero attached hydrogens (tertiary/aromatic N) is 3. The lowest BCUT2D eigenvalue weighted by molar-refractivity contribution is 0.500. The third kappa shape index (κ3) is 1.89. The van der Waals surface area contributed by atoms with E-state index in [4.69, 9.17) is 0 Å². The summed E-state index contributed by atoms with van der Waals surface area (Å²) in [5.41, 5.74) is -0.678. The van der Waals surface area contributed by atoms with Gasteiger partial charge in [0.15, 0.2) is 0 Å². The Morgan fingerprint density at radius 2 is 2.13 bits per heavy atom. The molecule has 2 rings (SSSR count). The van der Waals surface area contributed by atoms with Crippen LogP contribution in [0.5, 0.6) is 0 Å². The fourth-order valence-electron chi connectivity index (χ4n) is 1.22. The fourth-order valence-corrected chi connectivity index (χ4v) is 1.79. The van der Waals surface area contributed by atoms with Crippen molar-refractivity contribution >= 4 is 23.8 Å². The molecule has 0 aliphatic heterocycles. The van der Waals surface area contributed by atoms with Gasteiger partial charge in [0, 0.05) is 23.5 Å². The quantitative estimate of drug-likeness (QED) is 0.737. The summed E-state index contributed by atoms with van der Waals surface area (Å²) < 4.78 is 38.6. The van der Waals surface area contributed by atoms with E-state index in [0.29, 0.717) is 5.13 Å². The summed E-state index contributed by atoms with van der Waals surface area (Å²) in [6, 6.07) is 0. The van der Waals surface area contributed by atoms with Crippen molar-refractivity contribution in [1.29, 1.82) is 0 Å². The fraction of sp³-hybridized carbons (Fsp3) is 0.143. The van der Waals surface area contributed by atoms with Crippen molar-refractivity contribution in [3.63, 3.8) is 0 Å². The zero-order valence-corrected chi connectivity index (χ0v) is 8.51. The molecule has 0 saturated carbocycles. The van der Waals surface area contributed by atoms with Crippen LogP contribution >= 0.6 is 11.3 Å². The van der Waals surface area contributed by atoms with Crippen LogP contribution < -0.4 is 5.46 Å². The van der Waals surface area contributed by atoms with Crippen LogP contribution in [0.25, 0.3) is 5.13 Å². The lowest BCUT2D eigenvalue weighted by Crippen LogP contribution is -2.34. The van der Waals surface area contributed by atoms with Gasteiger partial charge in [-0.15, -0.1) is 11.3 Å². The van der Waals surface area contributed by atoms with Crippen molar-refractivity contribution in [2.75, 3.05) is 0 Å². The number of rotatable bonds is 2. The molecule has 2 aromatic heterocycles. The number of hydrogen-bond donors (Lipinski definition) is 0. The summed E-state index contributed by atoms with van der Waals surface area (Å²) in [6.45, 7) is -3.66. The van der Waals surface area contributed by atoms with Crippen LogP contribution in [0.2, 0.25) is 0 Å². The molecule has 0 radical (unpaired) electrons. The van der Waals surface area contributed by atoms with Gasteiger partial charge in [0.2, 0.25) is 5.13 Å². The van der Waals surface area contributed by atoms with Gasteiger partial charge in [-0.2, -0.15) is 5.10 Å². The molecule has 0 spiro atoms. The van der Waals surface area contributed by atoms with Gasteiger partial charge in [-0.3, -0.25) is 0 Å². The number of aromatic nitrogens is 3. The van der Waals surface area contributed by atoms with Crippen LogP contribution in [0, 0.1) is 6.92 Å². The van der Waals surface area contributed by atoms with E-state index in [1.807, 2.05) is 0 Å². The van der Waals surface area contributed by atoms with Gasteiger partial charge in [-0.25, -0.2) is 9.67 Å². The van der Waals surface area contributed by atoms with Crippen molar-refractivity contribution in [2.45, 2.75) is 6.92 Å². The minimum Gasteiger partial charge on any atom is -0.445 e. The predicted octanol–water partition coefficient (Wildman–Crippen LogP) is 1.69. The molecule has 15 heavy (non-hydrogen) atoms. The number of thiazole rings is 1. The highest BCUT2D eigenvalue weighted by atomic mass is 32.1. The highest BCUT2D eigenvalue weighted by Crippen LogP contribution is 2.14. The van der Waals surface area contributed by atoms with Crippen molar-refractivity contribution in [2.24, 2.45) is 0 Å². The molecule has 2 aromatic rings. The zero-order valence-electron chi connectivity index (χ0n) is 7.69. The number of hydrogen-bond acceptors (Lipinski definition) is 3. The lowest BCUT2D eigenvalue weighted by atomic mass is 9.81. The molecule has 0 saturated heterocycles. The predicted molar refractivity (Wildman–Crippen MR) is 52.7 cm³/mol. The second-order valence-corrected chi connectivity index (χ2v) is 3.88. The van der Waals surface area contributed by atoms with E-state index in [2.05, 4.69) is 10.1 Å². The van der Waals surface area contributed by atoms with Gasteiger partial charge in [0.1, 0.15) is 0 Å². The highest BCUT2D eigenvalue weighted by molar-refractivity contribution is 7.12. The molecule has 8 heteroatoms. The van der Waals surface area contributed by atoms with Crippen molar-refractivity contribution in [3.05, 3.63) is 23.5 Å². The van der Waals surface area contributed by atoms with Gasteiger partial charge in [0.05, 0.1) is 0 Å². The molecule has 0 amide bonds. The van der Waals surface area contributed by atoms with E-state index in [9.17, 15) is 12.9 Å². The van der Waals surface area contributed by atoms with Crippen LogP contribution in [0.1, 0.15) is 5.69 Å². The number of aryl methyl sites for hydroxylation is 1. The molecule has 0 unspecified atom stereocenters. The Morgan fingerprint density at radius 1 is 1.40 bits per heavy atom. The molecular weight excluding hydrogens is 226 g/mol. The monoisotopic (exact) mass is 232 g/mol. The second kappa shape index (κ2) is 3.37. The number of halogens is 3. The van der Waals surface area contributed by atoms with Crippen LogP contribution in [0.3, 0.4) is 0 Å². The van der Waals surface area contributed by atoms with Gasteiger partial charge in [-0.1, -0.05) is 5.46 Å². The van der Waals surface area contributed by atoms with Crippen molar-refractivity contribution in [1.82, 2.24) is 14.8 Å². The summed E-state index contributed by atoms with van der Waals surface area (Å²) in [5.74, 6) is 0. The Bertz CT molecular complexity index is 462. The molecule has 0 fully saturated rings. The Hall–Kier alpha value is -1.31. The first-order valence-corrected chi connectivity index (χ1v) is 5.02. The summed E-state index contributed by atoms with van der Waals surface area (Å²) >= 11 is 1.24. The van der Waals surface area contributed by atoms with Gasteiger partial charge in [-0.05, 0) is 6.92 Å². The molecule has 0 bridgehead atoms. The molecule has 2 heterocycles. The van der Waals surface area contributed by atoms with E-state index in [1.54, 1.807) is 5.38 Å². The third-order valence-electron chi connectivity index (χ3n) is 1.90. The van der Waals surface area contributed by atoms with Crippen molar-refractivity contribution < 1.29 is 12.9 Å². The van der Waals surface area contributed by atoms with Crippen LogP contribution in [-0.4, -0.2) is 21.7 Å². The van der Waals surface area contributed by atoms with E-state index in [1.165, 1.54) is 24.5 Å². The average Bonchev–Trinajstić information content (AvgIpc) is 2.68. The summed E-state index contributed by atoms with van der Waals surface area (Å²) in [7, 11) is 0. The molecule has 0 aliphatic carbocycles. The van der Waals surface area contributed by atoms with Gasteiger partial charge >= 0.3 is 6.98 Å². The van der Waals surface area contributed by atoms with E-state index in [-0.39, 0.29) is 5.69 Å². The Kier molecular flexibility index (Phi) is 2.30. The zero-order chi connectivity index (χ0) is 11.1. The van der Waals surface area contributed by atoms with Crippen LogP contribution in [0.15, 0.2) is 17.8 Å². The van der Waals surface area contributed by atoms with Crippen LogP contribution in [-0.2, 0) is 0 Å². The van der Waals surface area contributed by atoms with Gasteiger partial charge in [0.25, 0.3) is 0 Å². The maximum Gasteiger partial charge on any atom is 0.512 e. The molecule has 0 aliphatic rings. The van der Waals surface area contributed by atoms with E-state index < -0.39 is 12.4 Å². The largest absolute Gasteiger partial charge is 0.512 e. The summed E-state index contributed by atoms with van der Waals surface area (Å²) in [6.07, 6.45) is 2.50. The van der Waals surface area contributed by atoms with E-state index >= 15 is 0 Å². The summed E-state index contributed by atoms with van der Waals surface area (Å²) in [4.78, 5) is 3.88. The molecule has 0 atom stereocenters. The molecule has 80 valence electrons. The minimum atomic E-state index is -5.00. The maximum absolute atomic E-state index is 12.5. The molecule has 0 N–H and O–H groups in total.